The number of carbonyl (C=O) groups excluding carboxylic acids is 1. The van der Waals surface area contributed by atoms with Gasteiger partial charge in [0.05, 0.1) is 0 Å². The van der Waals surface area contributed by atoms with Crippen molar-refractivity contribution in [2.75, 3.05) is 49.1 Å². The minimum atomic E-state index is -0.242. The van der Waals surface area contributed by atoms with Gasteiger partial charge < -0.3 is 14.7 Å². The largest absolute Gasteiger partial charge is 0.368 e. The normalized spacial score (nSPS) is 17.2. The van der Waals surface area contributed by atoms with Gasteiger partial charge in [-0.15, -0.1) is 0 Å². The summed E-state index contributed by atoms with van der Waals surface area (Å²) in [5.74, 6) is 0.703. The molecular formula is C20H24ClN5O2. The van der Waals surface area contributed by atoms with Crippen molar-refractivity contribution < 1.29 is 4.79 Å². The second kappa shape index (κ2) is 8.22. The summed E-state index contributed by atoms with van der Waals surface area (Å²) in [6.07, 6.45) is 2.07. The molecule has 2 aromatic rings. The number of benzene rings is 1. The van der Waals surface area contributed by atoms with Crippen molar-refractivity contribution in [3.05, 3.63) is 51.8 Å². The first-order chi connectivity index (χ1) is 13.6. The molecule has 0 aliphatic carbocycles. The van der Waals surface area contributed by atoms with E-state index in [1.165, 1.54) is 10.7 Å². The Balaban J connectivity index is 1.42. The van der Waals surface area contributed by atoms with Gasteiger partial charge in [-0.25, -0.2) is 4.68 Å². The molecule has 2 fully saturated rings. The van der Waals surface area contributed by atoms with Gasteiger partial charge >= 0.3 is 0 Å². The molecule has 2 saturated heterocycles. The lowest BCUT2D eigenvalue weighted by Crippen LogP contribution is -2.47. The van der Waals surface area contributed by atoms with E-state index in [1.54, 1.807) is 6.07 Å². The molecule has 8 heteroatoms. The Morgan fingerprint density at radius 2 is 1.68 bits per heavy atom. The van der Waals surface area contributed by atoms with E-state index in [9.17, 15) is 9.59 Å². The van der Waals surface area contributed by atoms with Crippen LogP contribution in [0.15, 0.2) is 41.2 Å². The van der Waals surface area contributed by atoms with Crippen LogP contribution in [0.3, 0.4) is 0 Å². The van der Waals surface area contributed by atoms with Crippen LogP contribution in [0.1, 0.15) is 12.8 Å². The molecule has 28 heavy (non-hydrogen) atoms. The molecule has 3 heterocycles. The minimum absolute atomic E-state index is 0.00908. The van der Waals surface area contributed by atoms with Gasteiger partial charge in [0, 0.05) is 56.0 Å². The number of rotatable bonds is 4. The first kappa shape index (κ1) is 18.8. The molecule has 0 N–H and O–H groups in total. The summed E-state index contributed by atoms with van der Waals surface area (Å²) in [6, 6.07) is 11.1. The summed E-state index contributed by atoms with van der Waals surface area (Å²) in [5.41, 5.74) is 0.871. The number of hydrogen-bond donors (Lipinski definition) is 0. The maximum absolute atomic E-state index is 12.4. The predicted molar refractivity (Wildman–Crippen MR) is 110 cm³/mol. The van der Waals surface area contributed by atoms with Crippen LogP contribution in [-0.4, -0.2) is 59.9 Å². The first-order valence-corrected chi connectivity index (χ1v) is 10.1. The Labute approximate surface area is 169 Å². The number of aromatic nitrogens is 2. The minimum Gasteiger partial charge on any atom is -0.368 e. The molecule has 148 valence electrons. The molecule has 1 aromatic carbocycles. The molecule has 1 amide bonds. The summed E-state index contributed by atoms with van der Waals surface area (Å²) < 4.78 is 1.29. The number of piperazine rings is 1. The van der Waals surface area contributed by atoms with Gasteiger partial charge in [0.1, 0.15) is 12.4 Å². The number of halogens is 1. The molecule has 0 spiro atoms. The van der Waals surface area contributed by atoms with Crippen molar-refractivity contribution in [2.45, 2.75) is 19.4 Å². The predicted octanol–water partition coefficient (Wildman–Crippen LogP) is 1.85. The van der Waals surface area contributed by atoms with Gasteiger partial charge in [-0.2, -0.15) is 5.10 Å². The van der Waals surface area contributed by atoms with E-state index >= 15 is 0 Å². The standard InChI is InChI=1S/C20H24ClN5O2/c21-16-4-3-5-17(14-16)23-10-12-24(13-11-23)18-6-7-19(27)26(22-18)15-20(28)25-8-1-2-9-25/h3-7,14H,1-2,8-13,15H2. The number of nitrogens with zero attached hydrogens (tertiary/aromatic N) is 5. The number of hydrogen-bond acceptors (Lipinski definition) is 5. The Hall–Kier alpha value is -2.54. The highest BCUT2D eigenvalue weighted by molar-refractivity contribution is 6.30. The highest BCUT2D eigenvalue weighted by atomic mass is 35.5. The number of amides is 1. The number of likely N-dealkylation sites (tertiary alicyclic amines) is 1. The summed E-state index contributed by atoms with van der Waals surface area (Å²) in [7, 11) is 0. The van der Waals surface area contributed by atoms with E-state index in [0.29, 0.717) is 0 Å². The zero-order chi connectivity index (χ0) is 19.5. The van der Waals surface area contributed by atoms with E-state index in [-0.39, 0.29) is 18.0 Å². The average Bonchev–Trinajstić information content (AvgIpc) is 3.25. The molecule has 0 bridgehead atoms. The lowest BCUT2D eigenvalue weighted by Gasteiger charge is -2.36. The fourth-order valence-corrected chi connectivity index (χ4v) is 3.97. The van der Waals surface area contributed by atoms with Crippen LogP contribution in [0.5, 0.6) is 0 Å². The molecule has 0 unspecified atom stereocenters. The molecular weight excluding hydrogens is 378 g/mol. The summed E-state index contributed by atoms with van der Waals surface area (Å²) in [4.78, 5) is 30.8. The third-order valence-electron chi connectivity index (χ3n) is 5.37. The molecule has 4 rings (SSSR count). The van der Waals surface area contributed by atoms with Crippen molar-refractivity contribution in [1.29, 1.82) is 0 Å². The van der Waals surface area contributed by atoms with E-state index in [0.717, 1.165) is 68.6 Å². The lowest BCUT2D eigenvalue weighted by atomic mass is 10.2. The van der Waals surface area contributed by atoms with Crippen molar-refractivity contribution >= 4 is 29.0 Å². The topological polar surface area (TPSA) is 61.7 Å². The lowest BCUT2D eigenvalue weighted by molar-refractivity contribution is -0.131. The molecule has 2 aliphatic heterocycles. The van der Waals surface area contributed by atoms with Gasteiger partial charge in [-0.3, -0.25) is 9.59 Å². The number of carbonyl (C=O) groups is 1. The summed E-state index contributed by atoms with van der Waals surface area (Å²) >= 11 is 6.10. The van der Waals surface area contributed by atoms with Gasteiger partial charge in [-0.1, -0.05) is 17.7 Å². The van der Waals surface area contributed by atoms with Crippen molar-refractivity contribution in [3.8, 4) is 0 Å². The van der Waals surface area contributed by atoms with E-state index < -0.39 is 0 Å². The average molecular weight is 402 g/mol. The van der Waals surface area contributed by atoms with E-state index in [4.69, 9.17) is 11.6 Å². The third-order valence-corrected chi connectivity index (χ3v) is 5.61. The van der Waals surface area contributed by atoms with Crippen molar-refractivity contribution in [3.63, 3.8) is 0 Å². The van der Waals surface area contributed by atoms with Crippen LogP contribution >= 0.6 is 11.6 Å². The van der Waals surface area contributed by atoms with Crippen LogP contribution in [0.4, 0.5) is 11.5 Å². The highest BCUT2D eigenvalue weighted by Crippen LogP contribution is 2.22. The first-order valence-electron chi connectivity index (χ1n) is 9.71. The Kier molecular flexibility index (Phi) is 5.52. The maximum atomic E-state index is 12.4. The molecule has 0 atom stereocenters. The molecule has 1 aromatic heterocycles. The number of anilines is 2. The second-order valence-corrected chi connectivity index (χ2v) is 7.67. The maximum Gasteiger partial charge on any atom is 0.267 e. The van der Waals surface area contributed by atoms with Crippen molar-refractivity contribution in [2.24, 2.45) is 0 Å². The van der Waals surface area contributed by atoms with Gasteiger partial charge in [0.2, 0.25) is 5.91 Å². The molecule has 0 saturated carbocycles. The fraction of sp³-hybridized carbons (Fsp3) is 0.450. The van der Waals surface area contributed by atoms with Gasteiger partial charge in [0.25, 0.3) is 5.56 Å². The zero-order valence-electron chi connectivity index (χ0n) is 15.8. The second-order valence-electron chi connectivity index (χ2n) is 7.23. The monoisotopic (exact) mass is 401 g/mol. The van der Waals surface area contributed by atoms with E-state index in [2.05, 4.69) is 21.0 Å². The van der Waals surface area contributed by atoms with Crippen LogP contribution in [0, 0.1) is 0 Å². The third kappa shape index (κ3) is 4.14. The molecule has 2 aliphatic rings. The Morgan fingerprint density at radius 1 is 0.964 bits per heavy atom. The Morgan fingerprint density at radius 3 is 2.39 bits per heavy atom. The highest BCUT2D eigenvalue weighted by Gasteiger charge is 2.21. The SMILES string of the molecule is O=C(Cn1nc(N2CCN(c3cccc(Cl)c3)CC2)ccc1=O)N1CCCC1. The van der Waals surface area contributed by atoms with Crippen LogP contribution < -0.4 is 15.4 Å². The van der Waals surface area contributed by atoms with E-state index in [1.807, 2.05) is 23.1 Å². The molecule has 0 radical (unpaired) electrons. The van der Waals surface area contributed by atoms with Crippen molar-refractivity contribution in [1.82, 2.24) is 14.7 Å². The van der Waals surface area contributed by atoms with Gasteiger partial charge in [-0.05, 0) is 37.1 Å². The zero-order valence-corrected chi connectivity index (χ0v) is 16.5. The van der Waals surface area contributed by atoms with Crippen LogP contribution in [0.25, 0.3) is 0 Å². The van der Waals surface area contributed by atoms with Crippen LogP contribution in [0.2, 0.25) is 5.02 Å². The summed E-state index contributed by atoms with van der Waals surface area (Å²) in [5, 5.41) is 5.19. The Bertz CT molecular complexity index is 901. The quantitative estimate of drug-likeness (QED) is 0.782. The smallest absolute Gasteiger partial charge is 0.267 e. The van der Waals surface area contributed by atoms with Gasteiger partial charge in [0.15, 0.2) is 0 Å². The fourth-order valence-electron chi connectivity index (χ4n) is 3.78. The molecule has 7 nitrogen and oxygen atoms in total. The summed E-state index contributed by atoms with van der Waals surface area (Å²) in [6.45, 7) is 4.82. The van der Waals surface area contributed by atoms with Crippen LogP contribution in [-0.2, 0) is 11.3 Å².